The van der Waals surface area contributed by atoms with Gasteiger partial charge in [0.15, 0.2) is 23.1 Å². The Bertz CT molecular complexity index is 870. The fraction of sp³-hybridized carbons (Fsp3) is 0.500. The number of anilines is 1. The number of methoxy groups -OCH3 is 1. The Balaban J connectivity index is 1.87. The molecule has 1 aliphatic rings. The highest BCUT2D eigenvalue weighted by molar-refractivity contribution is 6.04. The average Bonchev–Trinajstić information content (AvgIpc) is 3.14. The monoisotopic (exact) mass is 405 g/mol. The number of carbonyl (C=O) groups excluding carboxylic acids is 1. The minimum atomic E-state index is -0.487. The van der Waals surface area contributed by atoms with E-state index in [2.05, 4.69) is 34.4 Å². The predicted octanol–water partition coefficient (Wildman–Crippen LogP) is 1.53. The van der Waals surface area contributed by atoms with Crippen molar-refractivity contribution in [1.82, 2.24) is 20.3 Å². The van der Waals surface area contributed by atoms with E-state index in [0.717, 1.165) is 19.6 Å². The molecule has 0 aliphatic carbocycles. The summed E-state index contributed by atoms with van der Waals surface area (Å²) in [5.74, 6) is -0.00835. The molecule has 1 fully saturated rings. The molecule has 1 atom stereocenters. The van der Waals surface area contributed by atoms with E-state index >= 15 is 0 Å². The lowest BCUT2D eigenvalue weighted by Gasteiger charge is -2.37. The number of likely N-dealkylation sites (N-methyl/N-ethyl adjacent to an activating group) is 2. The summed E-state index contributed by atoms with van der Waals surface area (Å²) in [5, 5.41) is 7.06. The Morgan fingerprint density at radius 1 is 1.38 bits per heavy atom. The number of nitrogens with zero attached hydrogens (tertiary/aromatic N) is 4. The number of halogens is 1. The van der Waals surface area contributed by atoms with E-state index in [4.69, 9.17) is 9.26 Å². The van der Waals surface area contributed by atoms with Crippen LogP contribution in [-0.2, 0) is 0 Å². The fourth-order valence-electron chi connectivity index (χ4n) is 3.41. The predicted molar refractivity (Wildman–Crippen MR) is 109 cm³/mol. The second-order valence-electron chi connectivity index (χ2n) is 7.56. The van der Waals surface area contributed by atoms with Gasteiger partial charge in [0.05, 0.1) is 7.11 Å². The molecule has 0 radical (unpaired) electrons. The summed E-state index contributed by atoms with van der Waals surface area (Å²) in [4.78, 5) is 19.3. The van der Waals surface area contributed by atoms with Gasteiger partial charge < -0.3 is 24.4 Å². The first kappa shape index (κ1) is 21.1. The van der Waals surface area contributed by atoms with Gasteiger partial charge in [0.2, 0.25) is 0 Å². The van der Waals surface area contributed by atoms with Crippen LogP contribution in [0.1, 0.15) is 10.4 Å². The number of benzene rings is 1. The van der Waals surface area contributed by atoms with Crippen molar-refractivity contribution >= 4 is 11.7 Å². The van der Waals surface area contributed by atoms with Gasteiger partial charge >= 0.3 is 0 Å². The van der Waals surface area contributed by atoms with E-state index in [9.17, 15) is 9.18 Å². The molecule has 1 saturated heterocycles. The first-order chi connectivity index (χ1) is 13.8. The van der Waals surface area contributed by atoms with Gasteiger partial charge in [0.1, 0.15) is 5.56 Å². The number of hydrogen-bond acceptors (Lipinski definition) is 7. The number of piperazine rings is 1. The Hall–Kier alpha value is -2.65. The second-order valence-corrected chi connectivity index (χ2v) is 7.56. The molecule has 0 saturated carbocycles. The van der Waals surface area contributed by atoms with E-state index in [-0.39, 0.29) is 23.5 Å². The summed E-state index contributed by atoms with van der Waals surface area (Å²) in [7, 11) is 9.09. The van der Waals surface area contributed by atoms with Crippen LogP contribution in [0.15, 0.2) is 22.7 Å². The number of rotatable bonds is 6. The minimum absolute atomic E-state index is 0.0727. The zero-order valence-corrected chi connectivity index (χ0v) is 17.5. The lowest BCUT2D eigenvalue weighted by Crippen LogP contribution is -2.54. The van der Waals surface area contributed by atoms with Gasteiger partial charge in [-0.25, -0.2) is 4.39 Å². The summed E-state index contributed by atoms with van der Waals surface area (Å²) in [5.41, 5.74) is 0.832. The van der Waals surface area contributed by atoms with Crippen LogP contribution in [0, 0.1) is 5.82 Å². The van der Waals surface area contributed by atoms with E-state index < -0.39 is 5.82 Å². The van der Waals surface area contributed by atoms with Gasteiger partial charge in [0.25, 0.3) is 5.91 Å². The standard InChI is InChI=1S/C20H28FN5O3/c1-24(2)19-17(20(27)22-11-14-12-25(3)8-9-26(14)4)18(29-23-19)13-6-7-15(21)16(10-13)28-5/h6-7,10,14H,8-9,11-12H2,1-5H3,(H,22,27). The van der Waals surface area contributed by atoms with E-state index in [1.165, 1.54) is 19.2 Å². The molecule has 29 heavy (non-hydrogen) atoms. The van der Waals surface area contributed by atoms with Crippen LogP contribution in [-0.4, -0.2) is 88.4 Å². The van der Waals surface area contributed by atoms with Crippen LogP contribution in [0.5, 0.6) is 5.75 Å². The molecule has 1 unspecified atom stereocenters. The van der Waals surface area contributed by atoms with Crippen LogP contribution >= 0.6 is 0 Å². The highest BCUT2D eigenvalue weighted by Crippen LogP contribution is 2.33. The molecule has 1 aromatic carbocycles. The highest BCUT2D eigenvalue weighted by Gasteiger charge is 2.28. The number of nitrogens with one attached hydrogen (secondary N) is 1. The Morgan fingerprint density at radius 3 is 2.83 bits per heavy atom. The van der Waals surface area contributed by atoms with Crippen molar-refractivity contribution in [2.45, 2.75) is 6.04 Å². The maximum Gasteiger partial charge on any atom is 0.259 e. The lowest BCUT2D eigenvalue weighted by molar-refractivity contribution is 0.0882. The first-order valence-corrected chi connectivity index (χ1v) is 9.49. The third-order valence-electron chi connectivity index (χ3n) is 5.22. The maximum atomic E-state index is 13.8. The molecule has 1 aromatic heterocycles. The van der Waals surface area contributed by atoms with Crippen LogP contribution in [0.3, 0.4) is 0 Å². The Morgan fingerprint density at radius 2 is 2.14 bits per heavy atom. The molecule has 2 heterocycles. The summed E-state index contributed by atoms with van der Waals surface area (Å²) in [6.45, 7) is 3.34. The largest absolute Gasteiger partial charge is 0.494 e. The van der Waals surface area contributed by atoms with Gasteiger partial charge in [-0.2, -0.15) is 0 Å². The van der Waals surface area contributed by atoms with Crippen LogP contribution < -0.4 is 15.0 Å². The maximum absolute atomic E-state index is 13.8. The molecule has 2 aromatic rings. The summed E-state index contributed by atoms with van der Waals surface area (Å²) in [6.07, 6.45) is 0. The molecule has 158 valence electrons. The molecule has 1 aliphatic heterocycles. The lowest BCUT2D eigenvalue weighted by atomic mass is 10.1. The molecule has 9 heteroatoms. The number of ether oxygens (including phenoxy) is 1. The SMILES string of the molecule is COc1cc(-c2onc(N(C)C)c2C(=O)NCC2CN(C)CCN2C)ccc1F. The molecule has 0 bridgehead atoms. The van der Waals surface area contributed by atoms with Gasteiger partial charge in [-0.15, -0.1) is 0 Å². The second kappa shape index (κ2) is 8.79. The molecule has 3 rings (SSSR count). The molecule has 1 N–H and O–H groups in total. The number of carbonyl (C=O) groups is 1. The van der Waals surface area contributed by atoms with Gasteiger partial charge in [-0.05, 0) is 32.3 Å². The third kappa shape index (κ3) is 4.51. The quantitative estimate of drug-likeness (QED) is 0.781. The molecule has 0 spiro atoms. The summed E-state index contributed by atoms with van der Waals surface area (Å²) < 4.78 is 24.3. The zero-order chi connectivity index (χ0) is 21.1. The van der Waals surface area contributed by atoms with E-state index in [1.807, 2.05) is 0 Å². The van der Waals surface area contributed by atoms with Crippen molar-refractivity contribution in [3.05, 3.63) is 29.6 Å². The normalized spacial score (nSPS) is 17.9. The Labute approximate surface area is 170 Å². The number of aromatic nitrogens is 1. The van der Waals surface area contributed by atoms with E-state index in [1.54, 1.807) is 25.1 Å². The molecular formula is C20H28FN5O3. The van der Waals surface area contributed by atoms with Crippen molar-refractivity contribution in [2.24, 2.45) is 0 Å². The van der Waals surface area contributed by atoms with Crippen molar-refractivity contribution in [3.63, 3.8) is 0 Å². The first-order valence-electron chi connectivity index (χ1n) is 9.49. The van der Waals surface area contributed by atoms with Crippen molar-refractivity contribution in [2.75, 3.05) is 66.4 Å². The van der Waals surface area contributed by atoms with Crippen LogP contribution in [0.25, 0.3) is 11.3 Å². The molecule has 8 nitrogen and oxygen atoms in total. The van der Waals surface area contributed by atoms with Gasteiger partial charge in [0, 0.05) is 51.9 Å². The van der Waals surface area contributed by atoms with Crippen molar-refractivity contribution in [1.29, 1.82) is 0 Å². The summed E-state index contributed by atoms with van der Waals surface area (Å²) >= 11 is 0. The molecule has 1 amide bonds. The number of hydrogen-bond donors (Lipinski definition) is 1. The smallest absolute Gasteiger partial charge is 0.259 e. The van der Waals surface area contributed by atoms with Gasteiger partial charge in [-0.1, -0.05) is 5.16 Å². The van der Waals surface area contributed by atoms with Crippen LogP contribution in [0.2, 0.25) is 0 Å². The Kier molecular flexibility index (Phi) is 6.39. The highest BCUT2D eigenvalue weighted by atomic mass is 19.1. The van der Waals surface area contributed by atoms with Crippen molar-refractivity contribution in [3.8, 4) is 17.1 Å². The zero-order valence-electron chi connectivity index (χ0n) is 17.5. The fourth-order valence-corrected chi connectivity index (χ4v) is 3.41. The minimum Gasteiger partial charge on any atom is -0.494 e. The molecular weight excluding hydrogens is 377 g/mol. The average molecular weight is 405 g/mol. The van der Waals surface area contributed by atoms with E-state index in [0.29, 0.717) is 23.5 Å². The van der Waals surface area contributed by atoms with Gasteiger partial charge in [-0.3, -0.25) is 9.69 Å². The summed E-state index contributed by atoms with van der Waals surface area (Å²) in [6, 6.07) is 4.53. The third-order valence-corrected chi connectivity index (χ3v) is 5.22. The topological polar surface area (TPSA) is 74.1 Å². The van der Waals surface area contributed by atoms with Crippen LogP contribution in [0.4, 0.5) is 10.2 Å². The van der Waals surface area contributed by atoms with Crippen molar-refractivity contribution < 1.29 is 18.4 Å². The number of amides is 1.